The number of carbonyl (C=O) groups is 1. The molecule has 0 aliphatic carbocycles. The number of para-hydroxylation sites is 1. The molecule has 5 rings (SSSR count). The molecule has 6 nitrogen and oxygen atoms in total. The summed E-state index contributed by atoms with van der Waals surface area (Å²) in [6, 6.07) is 20.2. The molecule has 1 aliphatic heterocycles. The Bertz CT molecular complexity index is 1340. The minimum absolute atomic E-state index is 0.0626. The van der Waals surface area contributed by atoms with E-state index in [0.29, 0.717) is 16.8 Å². The van der Waals surface area contributed by atoms with Crippen molar-refractivity contribution in [3.8, 4) is 0 Å². The zero-order valence-electron chi connectivity index (χ0n) is 18.8. The van der Waals surface area contributed by atoms with Gasteiger partial charge in [0, 0.05) is 62.9 Å². The third kappa shape index (κ3) is 4.57. The van der Waals surface area contributed by atoms with E-state index in [9.17, 15) is 9.59 Å². The predicted octanol–water partition coefficient (Wildman–Crippen LogP) is 3.30. The molecule has 1 fully saturated rings. The van der Waals surface area contributed by atoms with Crippen molar-refractivity contribution in [3.05, 3.63) is 81.5 Å². The number of piperazine rings is 1. The topological polar surface area (TPSA) is 57.6 Å². The molecule has 4 aromatic rings. The maximum atomic E-state index is 12.8. The van der Waals surface area contributed by atoms with E-state index in [-0.39, 0.29) is 11.5 Å². The average molecular weight is 461 g/mol. The van der Waals surface area contributed by atoms with E-state index in [1.807, 2.05) is 24.3 Å². The van der Waals surface area contributed by atoms with E-state index < -0.39 is 0 Å². The van der Waals surface area contributed by atoms with Gasteiger partial charge in [0.2, 0.25) is 0 Å². The van der Waals surface area contributed by atoms with Crippen molar-refractivity contribution >= 4 is 38.2 Å². The minimum Gasteiger partial charge on any atom is -0.350 e. The summed E-state index contributed by atoms with van der Waals surface area (Å²) in [5.41, 5.74) is 2.17. The molecule has 0 bridgehead atoms. The molecule has 33 heavy (non-hydrogen) atoms. The van der Waals surface area contributed by atoms with E-state index in [4.69, 9.17) is 0 Å². The molecule has 170 valence electrons. The van der Waals surface area contributed by atoms with Gasteiger partial charge in [-0.1, -0.05) is 48.5 Å². The Labute approximate surface area is 197 Å². The van der Waals surface area contributed by atoms with Crippen molar-refractivity contribution in [1.82, 2.24) is 19.7 Å². The Kier molecular flexibility index (Phi) is 6.26. The minimum atomic E-state index is -0.106. The van der Waals surface area contributed by atoms with E-state index in [2.05, 4.69) is 45.4 Å². The van der Waals surface area contributed by atoms with E-state index in [1.165, 1.54) is 16.9 Å². The normalized spacial score (nSPS) is 15.3. The average Bonchev–Trinajstić information content (AvgIpc) is 3.30. The number of pyridine rings is 1. The SMILES string of the molecule is Cn1c(=O)c2cc(C(=O)NCCN3CCN(Cc4ccccc4)CC3)sc2c2ccccc21. The fraction of sp³-hybridized carbons (Fsp3) is 0.308. The van der Waals surface area contributed by atoms with Gasteiger partial charge in [0.1, 0.15) is 0 Å². The van der Waals surface area contributed by atoms with Gasteiger partial charge < -0.3 is 9.88 Å². The molecule has 2 aromatic heterocycles. The van der Waals surface area contributed by atoms with Crippen molar-refractivity contribution in [1.29, 1.82) is 0 Å². The van der Waals surface area contributed by atoms with E-state index in [1.54, 1.807) is 17.7 Å². The standard InChI is InChI=1S/C26H28N4O2S/c1-28-22-10-6-5-9-20(22)24-21(26(28)32)17-23(33-24)25(31)27-11-12-29-13-15-30(16-14-29)18-19-7-3-2-4-8-19/h2-10,17H,11-16,18H2,1H3,(H,27,31). The Morgan fingerprint density at radius 2 is 1.64 bits per heavy atom. The summed E-state index contributed by atoms with van der Waals surface area (Å²) in [4.78, 5) is 31.0. The smallest absolute Gasteiger partial charge is 0.261 e. The number of nitrogens with zero attached hydrogens (tertiary/aromatic N) is 3. The molecule has 1 aliphatic rings. The second-order valence-corrected chi connectivity index (χ2v) is 9.65. The number of carbonyl (C=O) groups excluding carboxylic acids is 1. The first-order valence-corrected chi connectivity index (χ1v) is 12.2. The summed E-state index contributed by atoms with van der Waals surface area (Å²) in [6.45, 7) is 6.52. The summed E-state index contributed by atoms with van der Waals surface area (Å²) in [5, 5.41) is 4.67. The van der Waals surface area contributed by atoms with Crippen LogP contribution in [0.2, 0.25) is 0 Å². The first-order valence-electron chi connectivity index (χ1n) is 11.4. The molecule has 2 aromatic carbocycles. The van der Waals surface area contributed by atoms with Crippen molar-refractivity contribution < 1.29 is 4.79 Å². The number of aromatic nitrogens is 1. The molecule has 1 amide bonds. The molecule has 0 atom stereocenters. The van der Waals surface area contributed by atoms with Crippen LogP contribution in [0.15, 0.2) is 65.5 Å². The van der Waals surface area contributed by atoms with Gasteiger partial charge in [-0.15, -0.1) is 11.3 Å². The third-order valence-corrected chi connectivity index (χ3v) is 7.60. The number of benzene rings is 2. The molecular formula is C26H28N4O2S. The Morgan fingerprint density at radius 3 is 2.42 bits per heavy atom. The van der Waals surface area contributed by atoms with Crippen LogP contribution in [0.4, 0.5) is 0 Å². The van der Waals surface area contributed by atoms with Crippen molar-refractivity contribution in [2.24, 2.45) is 7.05 Å². The molecular weight excluding hydrogens is 432 g/mol. The van der Waals surface area contributed by atoms with E-state index >= 15 is 0 Å². The van der Waals surface area contributed by atoms with Crippen LogP contribution in [0.1, 0.15) is 15.2 Å². The second kappa shape index (κ2) is 9.47. The van der Waals surface area contributed by atoms with Gasteiger partial charge in [0.05, 0.1) is 15.8 Å². The summed E-state index contributed by atoms with van der Waals surface area (Å²) in [5.74, 6) is -0.106. The number of rotatable bonds is 6. The summed E-state index contributed by atoms with van der Waals surface area (Å²) in [7, 11) is 1.78. The number of thiophene rings is 1. The first-order chi connectivity index (χ1) is 16.1. The van der Waals surface area contributed by atoms with Gasteiger partial charge in [-0.2, -0.15) is 0 Å². The van der Waals surface area contributed by atoms with Crippen LogP contribution in [0, 0.1) is 0 Å². The highest BCUT2D eigenvalue weighted by Crippen LogP contribution is 2.30. The zero-order chi connectivity index (χ0) is 22.8. The Hall–Kier alpha value is -3.00. The second-order valence-electron chi connectivity index (χ2n) is 8.59. The summed E-state index contributed by atoms with van der Waals surface area (Å²) < 4.78 is 2.54. The Morgan fingerprint density at radius 1 is 0.939 bits per heavy atom. The predicted molar refractivity (Wildman–Crippen MR) is 135 cm³/mol. The van der Waals surface area contributed by atoms with Crippen LogP contribution in [-0.4, -0.2) is 59.5 Å². The summed E-state index contributed by atoms with van der Waals surface area (Å²) in [6.07, 6.45) is 0. The Balaban J connectivity index is 1.17. The zero-order valence-corrected chi connectivity index (χ0v) is 19.6. The van der Waals surface area contributed by atoms with Gasteiger partial charge in [0.15, 0.2) is 0 Å². The molecule has 0 unspecified atom stereocenters. The lowest BCUT2D eigenvalue weighted by Crippen LogP contribution is -2.48. The van der Waals surface area contributed by atoms with Crippen LogP contribution in [0.5, 0.6) is 0 Å². The maximum Gasteiger partial charge on any atom is 0.261 e. The van der Waals surface area contributed by atoms with Crippen LogP contribution in [-0.2, 0) is 13.6 Å². The molecule has 7 heteroatoms. The molecule has 1 saturated heterocycles. The highest BCUT2D eigenvalue weighted by Gasteiger charge is 2.18. The number of amides is 1. The number of aryl methyl sites for hydroxylation is 1. The molecule has 0 spiro atoms. The lowest BCUT2D eigenvalue weighted by molar-refractivity contribution is 0.0938. The van der Waals surface area contributed by atoms with Gasteiger partial charge in [-0.25, -0.2) is 0 Å². The van der Waals surface area contributed by atoms with Crippen molar-refractivity contribution in [3.63, 3.8) is 0 Å². The first kappa shape index (κ1) is 21.8. The fourth-order valence-electron chi connectivity index (χ4n) is 4.54. The molecule has 0 radical (unpaired) electrons. The number of hydrogen-bond acceptors (Lipinski definition) is 5. The van der Waals surface area contributed by atoms with Crippen molar-refractivity contribution in [2.75, 3.05) is 39.3 Å². The van der Waals surface area contributed by atoms with Gasteiger partial charge in [-0.3, -0.25) is 19.4 Å². The third-order valence-electron chi connectivity index (χ3n) is 6.43. The summed E-state index contributed by atoms with van der Waals surface area (Å²) >= 11 is 1.40. The maximum absolute atomic E-state index is 12.8. The fourth-order valence-corrected chi connectivity index (χ4v) is 5.64. The lowest BCUT2D eigenvalue weighted by Gasteiger charge is -2.34. The van der Waals surface area contributed by atoms with Gasteiger partial charge >= 0.3 is 0 Å². The molecule has 1 N–H and O–H groups in total. The van der Waals surface area contributed by atoms with Gasteiger partial charge in [-0.05, 0) is 17.7 Å². The molecule has 0 saturated carbocycles. The van der Waals surface area contributed by atoms with Crippen LogP contribution in [0.25, 0.3) is 21.0 Å². The van der Waals surface area contributed by atoms with Gasteiger partial charge in [0.25, 0.3) is 11.5 Å². The molecule has 3 heterocycles. The quantitative estimate of drug-likeness (QED) is 0.480. The monoisotopic (exact) mass is 460 g/mol. The lowest BCUT2D eigenvalue weighted by atomic mass is 10.2. The highest BCUT2D eigenvalue weighted by atomic mass is 32.1. The van der Waals surface area contributed by atoms with Crippen molar-refractivity contribution in [2.45, 2.75) is 6.54 Å². The highest BCUT2D eigenvalue weighted by molar-refractivity contribution is 7.21. The van der Waals surface area contributed by atoms with Crippen LogP contribution in [0.3, 0.4) is 0 Å². The van der Waals surface area contributed by atoms with E-state index in [0.717, 1.165) is 54.9 Å². The number of fused-ring (bicyclic) bond motifs is 3. The van der Waals surface area contributed by atoms with Crippen LogP contribution >= 0.6 is 11.3 Å². The largest absolute Gasteiger partial charge is 0.350 e. The van der Waals surface area contributed by atoms with Crippen LogP contribution < -0.4 is 10.9 Å². The number of hydrogen-bond donors (Lipinski definition) is 1. The number of nitrogens with one attached hydrogen (secondary N) is 1.